The molecule has 1 aromatic carbocycles. The number of carbonyl (C=O) groups is 3. The third-order valence-corrected chi connectivity index (χ3v) is 11.3. The van der Waals surface area contributed by atoms with Crippen LogP contribution in [0, 0.1) is 17.8 Å². The van der Waals surface area contributed by atoms with Crippen molar-refractivity contribution in [3.05, 3.63) is 49.6 Å². The molecule has 9 heteroatoms. The highest BCUT2D eigenvalue weighted by Gasteiger charge is 2.76. The standard InChI is InChI=1S/C32H46N4O4S/c1-7-17-33(6)29(38)26-25-21-22(5)32(41-25)27(26)30(39)36(19-11-12-20-37)28(32)31(40)35(18-8-2)24-15-13-23(14-16-24)34(9-3)10-4/h7-8,13-16,22,25-28,37H,1-2,9-12,17-21H2,3-6H3/t22?,25-,26+,27+,28?,32?/m1/s1. The fourth-order valence-corrected chi connectivity index (χ4v) is 9.69. The fourth-order valence-electron chi connectivity index (χ4n) is 7.28. The van der Waals surface area contributed by atoms with Gasteiger partial charge in [-0.3, -0.25) is 14.4 Å². The summed E-state index contributed by atoms with van der Waals surface area (Å²) in [4.78, 5) is 50.1. The first-order chi connectivity index (χ1) is 19.7. The molecule has 1 spiro atoms. The largest absolute Gasteiger partial charge is 0.396 e. The summed E-state index contributed by atoms with van der Waals surface area (Å²) in [6.45, 7) is 17.0. The van der Waals surface area contributed by atoms with Crippen molar-refractivity contribution < 1.29 is 19.5 Å². The van der Waals surface area contributed by atoms with E-state index in [2.05, 4.69) is 38.8 Å². The van der Waals surface area contributed by atoms with Crippen molar-refractivity contribution in [2.75, 3.05) is 56.2 Å². The van der Waals surface area contributed by atoms with Crippen LogP contribution >= 0.6 is 11.8 Å². The summed E-state index contributed by atoms with van der Waals surface area (Å²) in [7, 11) is 1.76. The van der Waals surface area contributed by atoms with E-state index in [1.54, 1.807) is 45.7 Å². The van der Waals surface area contributed by atoms with E-state index in [-0.39, 0.29) is 35.5 Å². The summed E-state index contributed by atoms with van der Waals surface area (Å²) in [5, 5.41) is 9.46. The molecule has 3 heterocycles. The van der Waals surface area contributed by atoms with Crippen LogP contribution in [0.5, 0.6) is 0 Å². The first kappa shape index (κ1) is 31.2. The average Bonchev–Trinajstić information content (AvgIpc) is 3.56. The number of nitrogens with zero attached hydrogens (tertiary/aromatic N) is 4. The molecule has 0 aliphatic carbocycles. The normalized spacial score (nSPS) is 28.0. The molecule has 0 aromatic heterocycles. The van der Waals surface area contributed by atoms with E-state index in [9.17, 15) is 19.5 Å². The predicted molar refractivity (Wildman–Crippen MR) is 167 cm³/mol. The van der Waals surface area contributed by atoms with Crippen molar-refractivity contribution in [3.8, 4) is 0 Å². The van der Waals surface area contributed by atoms with E-state index in [0.717, 1.165) is 30.9 Å². The molecule has 3 fully saturated rings. The van der Waals surface area contributed by atoms with Gasteiger partial charge in [0.05, 0.1) is 16.6 Å². The lowest BCUT2D eigenvalue weighted by Gasteiger charge is -2.41. The molecule has 1 aromatic rings. The maximum Gasteiger partial charge on any atom is 0.251 e. The third-order valence-electron chi connectivity index (χ3n) is 9.22. The van der Waals surface area contributed by atoms with Crippen LogP contribution in [0.25, 0.3) is 0 Å². The molecule has 0 saturated carbocycles. The molecule has 3 unspecified atom stereocenters. The Kier molecular flexibility index (Phi) is 9.90. The van der Waals surface area contributed by atoms with Crippen LogP contribution in [0.2, 0.25) is 0 Å². The Labute approximate surface area is 249 Å². The second-order valence-corrected chi connectivity index (χ2v) is 13.0. The summed E-state index contributed by atoms with van der Waals surface area (Å²) >= 11 is 1.69. The molecular weight excluding hydrogens is 536 g/mol. The van der Waals surface area contributed by atoms with Crippen LogP contribution in [0.4, 0.5) is 11.4 Å². The minimum Gasteiger partial charge on any atom is -0.396 e. The van der Waals surface area contributed by atoms with Crippen molar-refractivity contribution in [2.45, 2.75) is 56.1 Å². The lowest BCUT2D eigenvalue weighted by molar-refractivity contribution is -0.143. The summed E-state index contributed by atoms with van der Waals surface area (Å²) in [5.41, 5.74) is 1.85. The summed E-state index contributed by atoms with van der Waals surface area (Å²) in [6.07, 6.45) is 5.34. The van der Waals surface area contributed by atoms with E-state index < -0.39 is 22.6 Å². The number of hydrogen-bond acceptors (Lipinski definition) is 6. The van der Waals surface area contributed by atoms with Crippen LogP contribution in [0.1, 0.15) is 40.0 Å². The number of aliphatic hydroxyl groups excluding tert-OH is 1. The number of fused-ring (bicyclic) bond motifs is 1. The molecular formula is C32H46N4O4S. The zero-order chi connectivity index (χ0) is 29.9. The number of carbonyl (C=O) groups excluding carboxylic acids is 3. The lowest BCUT2D eigenvalue weighted by atomic mass is 9.65. The van der Waals surface area contributed by atoms with Crippen LogP contribution < -0.4 is 9.80 Å². The van der Waals surface area contributed by atoms with Crippen molar-refractivity contribution in [2.24, 2.45) is 17.8 Å². The summed E-state index contributed by atoms with van der Waals surface area (Å²) in [6, 6.07) is 7.31. The van der Waals surface area contributed by atoms with Gasteiger partial charge in [0.15, 0.2) is 0 Å². The first-order valence-electron chi connectivity index (χ1n) is 14.9. The number of anilines is 2. The van der Waals surface area contributed by atoms with Gasteiger partial charge in [0.1, 0.15) is 6.04 Å². The predicted octanol–water partition coefficient (Wildman–Crippen LogP) is 3.81. The number of benzene rings is 1. The number of rotatable bonds is 14. The Morgan fingerprint density at radius 3 is 2.29 bits per heavy atom. The molecule has 3 saturated heterocycles. The molecule has 41 heavy (non-hydrogen) atoms. The van der Waals surface area contributed by atoms with E-state index in [4.69, 9.17) is 0 Å². The number of likely N-dealkylation sites (N-methyl/N-ethyl adjacent to an activating group) is 1. The second-order valence-electron chi connectivity index (χ2n) is 11.4. The van der Waals surface area contributed by atoms with Crippen molar-refractivity contribution in [1.82, 2.24) is 9.80 Å². The third kappa shape index (κ3) is 5.31. The number of likely N-dealkylation sites (tertiary alicyclic amines) is 1. The Bertz CT molecular complexity index is 1140. The van der Waals surface area contributed by atoms with Crippen LogP contribution in [-0.2, 0) is 14.4 Å². The molecule has 3 amide bonds. The minimum atomic E-state index is -0.700. The van der Waals surface area contributed by atoms with Gasteiger partial charge in [-0.15, -0.1) is 24.9 Å². The highest BCUT2D eigenvalue weighted by atomic mass is 32.2. The van der Waals surface area contributed by atoms with Crippen molar-refractivity contribution in [1.29, 1.82) is 0 Å². The van der Waals surface area contributed by atoms with Gasteiger partial charge >= 0.3 is 0 Å². The smallest absolute Gasteiger partial charge is 0.251 e. The summed E-state index contributed by atoms with van der Waals surface area (Å²) < 4.78 is -0.687. The van der Waals surface area contributed by atoms with Crippen molar-refractivity contribution in [3.63, 3.8) is 0 Å². The summed E-state index contributed by atoms with van der Waals surface area (Å²) in [5.74, 6) is -1.22. The van der Waals surface area contributed by atoms with Crippen LogP contribution in [-0.4, -0.2) is 95.0 Å². The minimum absolute atomic E-state index is 0.00480. The molecule has 3 aliphatic heterocycles. The fraction of sp³-hybridized carbons (Fsp3) is 0.594. The first-order valence-corrected chi connectivity index (χ1v) is 15.8. The zero-order valence-electron chi connectivity index (χ0n) is 25.0. The van der Waals surface area contributed by atoms with E-state index in [1.807, 2.05) is 24.3 Å². The van der Waals surface area contributed by atoms with Gasteiger partial charge in [-0.2, -0.15) is 0 Å². The molecule has 2 bridgehead atoms. The number of thioether (sulfide) groups is 1. The number of amides is 3. The highest BCUT2D eigenvalue weighted by molar-refractivity contribution is 8.02. The molecule has 3 aliphatic rings. The van der Waals surface area contributed by atoms with E-state index in [1.165, 1.54) is 0 Å². The van der Waals surface area contributed by atoms with Gasteiger partial charge in [-0.25, -0.2) is 0 Å². The topological polar surface area (TPSA) is 84.4 Å². The number of unbranched alkanes of at least 4 members (excludes halogenated alkanes) is 1. The molecule has 6 atom stereocenters. The van der Waals surface area contributed by atoms with Gasteiger partial charge in [0, 0.05) is 63.0 Å². The van der Waals surface area contributed by atoms with Crippen LogP contribution in [0.15, 0.2) is 49.6 Å². The molecule has 0 radical (unpaired) electrons. The molecule has 1 N–H and O–H groups in total. The van der Waals surface area contributed by atoms with Gasteiger partial charge in [-0.05, 0) is 63.3 Å². The zero-order valence-corrected chi connectivity index (χ0v) is 25.8. The Hall–Kier alpha value is -2.78. The van der Waals surface area contributed by atoms with E-state index in [0.29, 0.717) is 32.5 Å². The molecule has 4 rings (SSSR count). The second kappa shape index (κ2) is 13.0. The molecule has 8 nitrogen and oxygen atoms in total. The van der Waals surface area contributed by atoms with Crippen molar-refractivity contribution >= 4 is 40.9 Å². The average molecular weight is 583 g/mol. The van der Waals surface area contributed by atoms with E-state index >= 15 is 0 Å². The number of hydrogen-bond donors (Lipinski definition) is 1. The van der Waals surface area contributed by atoms with Gasteiger partial charge in [0.2, 0.25) is 11.8 Å². The quantitative estimate of drug-likeness (QED) is 0.265. The number of aliphatic hydroxyl groups is 1. The Balaban J connectivity index is 1.75. The van der Waals surface area contributed by atoms with Gasteiger partial charge in [-0.1, -0.05) is 19.1 Å². The Morgan fingerprint density at radius 1 is 1.07 bits per heavy atom. The molecule has 224 valence electrons. The SMILES string of the molecule is C=CCN(C)C(=O)[C@@H]1[C@H]2C(=O)N(CCCCO)C(C(=O)N(CC=C)c3ccc(N(CC)CC)cc3)C23S[C@@H]1CC3C. The Morgan fingerprint density at radius 2 is 1.71 bits per heavy atom. The monoisotopic (exact) mass is 582 g/mol. The van der Waals surface area contributed by atoms with Crippen LogP contribution in [0.3, 0.4) is 0 Å². The maximum absolute atomic E-state index is 14.7. The highest BCUT2D eigenvalue weighted by Crippen LogP contribution is 2.69. The maximum atomic E-state index is 14.7. The van der Waals surface area contributed by atoms with Gasteiger partial charge < -0.3 is 24.7 Å². The van der Waals surface area contributed by atoms with Gasteiger partial charge in [0.25, 0.3) is 5.91 Å². The lowest BCUT2D eigenvalue weighted by Crippen LogP contribution is -2.57.